The number of ether oxygens (including phenoxy) is 2. The van der Waals surface area contributed by atoms with E-state index < -0.39 is 0 Å². The first kappa shape index (κ1) is 16.0. The molecule has 0 heterocycles. The van der Waals surface area contributed by atoms with E-state index in [1.807, 2.05) is 24.3 Å². The third kappa shape index (κ3) is 4.30. The van der Waals surface area contributed by atoms with Crippen molar-refractivity contribution in [2.45, 2.75) is 13.0 Å². The lowest BCUT2D eigenvalue weighted by Crippen LogP contribution is -2.12. The molecule has 0 aliphatic carbocycles. The standard InChI is InChI=1S/C17H20BrNO2/c1-12-4-3-5-13(10-12)17(19)14-6-7-16(15(18)11-14)21-9-8-20-2/h3-7,10-11,17H,8-9,19H2,1-2H3. The van der Waals surface area contributed by atoms with Crippen LogP contribution >= 0.6 is 15.9 Å². The van der Waals surface area contributed by atoms with Crippen LogP contribution in [-0.2, 0) is 4.74 Å². The van der Waals surface area contributed by atoms with Crippen LogP contribution in [0.1, 0.15) is 22.7 Å². The molecule has 0 spiro atoms. The molecule has 0 saturated carbocycles. The zero-order valence-corrected chi connectivity index (χ0v) is 13.9. The summed E-state index contributed by atoms with van der Waals surface area (Å²) in [5.41, 5.74) is 9.71. The molecule has 1 unspecified atom stereocenters. The van der Waals surface area contributed by atoms with Crippen molar-refractivity contribution in [2.24, 2.45) is 5.73 Å². The van der Waals surface area contributed by atoms with Gasteiger partial charge < -0.3 is 15.2 Å². The molecule has 0 fully saturated rings. The molecular weight excluding hydrogens is 330 g/mol. The van der Waals surface area contributed by atoms with Crippen LogP contribution < -0.4 is 10.5 Å². The first-order valence-electron chi connectivity index (χ1n) is 6.85. The van der Waals surface area contributed by atoms with E-state index in [1.54, 1.807) is 7.11 Å². The Labute approximate surface area is 134 Å². The van der Waals surface area contributed by atoms with Crippen molar-refractivity contribution >= 4 is 15.9 Å². The van der Waals surface area contributed by atoms with Crippen molar-refractivity contribution < 1.29 is 9.47 Å². The highest BCUT2D eigenvalue weighted by Crippen LogP contribution is 2.30. The first-order valence-corrected chi connectivity index (χ1v) is 7.64. The van der Waals surface area contributed by atoms with Crippen molar-refractivity contribution in [2.75, 3.05) is 20.3 Å². The Kier molecular flexibility index (Phi) is 5.79. The number of benzene rings is 2. The van der Waals surface area contributed by atoms with Gasteiger partial charge in [0.05, 0.1) is 17.1 Å². The Bertz CT molecular complexity index is 601. The summed E-state index contributed by atoms with van der Waals surface area (Å²) in [5, 5.41) is 0. The van der Waals surface area contributed by atoms with Gasteiger partial charge in [-0.3, -0.25) is 0 Å². The molecule has 0 amide bonds. The minimum Gasteiger partial charge on any atom is -0.490 e. The second-order valence-corrected chi connectivity index (χ2v) is 5.78. The molecule has 0 radical (unpaired) electrons. The Morgan fingerprint density at radius 1 is 1.10 bits per heavy atom. The quantitative estimate of drug-likeness (QED) is 0.806. The highest BCUT2D eigenvalue weighted by Gasteiger charge is 2.11. The maximum atomic E-state index is 6.34. The summed E-state index contributed by atoms with van der Waals surface area (Å²) in [6.07, 6.45) is 0. The molecule has 1 atom stereocenters. The van der Waals surface area contributed by atoms with Crippen LogP contribution in [0.4, 0.5) is 0 Å². The monoisotopic (exact) mass is 349 g/mol. The predicted octanol–water partition coefficient (Wildman–Crippen LogP) is 3.83. The van der Waals surface area contributed by atoms with E-state index in [0.29, 0.717) is 13.2 Å². The SMILES string of the molecule is COCCOc1ccc(C(N)c2cccc(C)c2)cc1Br. The molecule has 21 heavy (non-hydrogen) atoms. The normalized spacial score (nSPS) is 12.2. The van der Waals surface area contributed by atoms with E-state index >= 15 is 0 Å². The molecule has 0 saturated heterocycles. The van der Waals surface area contributed by atoms with Crippen molar-refractivity contribution in [3.8, 4) is 5.75 Å². The molecule has 4 heteroatoms. The van der Waals surface area contributed by atoms with Crippen LogP contribution in [0.3, 0.4) is 0 Å². The number of methoxy groups -OCH3 is 1. The van der Waals surface area contributed by atoms with E-state index in [4.69, 9.17) is 15.2 Å². The van der Waals surface area contributed by atoms with Gasteiger partial charge in [-0.1, -0.05) is 35.9 Å². The van der Waals surface area contributed by atoms with Gasteiger partial charge >= 0.3 is 0 Å². The number of hydrogen-bond acceptors (Lipinski definition) is 3. The second-order valence-electron chi connectivity index (χ2n) is 4.92. The molecule has 3 nitrogen and oxygen atoms in total. The lowest BCUT2D eigenvalue weighted by atomic mass is 9.98. The van der Waals surface area contributed by atoms with Gasteiger partial charge in [-0.05, 0) is 46.1 Å². The second kappa shape index (κ2) is 7.59. The highest BCUT2D eigenvalue weighted by atomic mass is 79.9. The van der Waals surface area contributed by atoms with Gasteiger partial charge in [-0.15, -0.1) is 0 Å². The molecule has 2 aromatic rings. The smallest absolute Gasteiger partial charge is 0.133 e. The zero-order chi connectivity index (χ0) is 15.2. The minimum atomic E-state index is -0.144. The number of nitrogens with two attached hydrogens (primary N) is 1. The molecule has 112 valence electrons. The van der Waals surface area contributed by atoms with Crippen molar-refractivity contribution in [1.82, 2.24) is 0 Å². The van der Waals surface area contributed by atoms with E-state index in [2.05, 4.69) is 41.1 Å². The summed E-state index contributed by atoms with van der Waals surface area (Å²) in [4.78, 5) is 0. The fourth-order valence-electron chi connectivity index (χ4n) is 2.12. The van der Waals surface area contributed by atoms with Crippen LogP contribution in [0.15, 0.2) is 46.9 Å². The van der Waals surface area contributed by atoms with Gasteiger partial charge in [0.15, 0.2) is 0 Å². The predicted molar refractivity (Wildman–Crippen MR) is 88.7 cm³/mol. The average Bonchev–Trinajstić information content (AvgIpc) is 2.48. The molecule has 2 N–H and O–H groups in total. The van der Waals surface area contributed by atoms with Gasteiger partial charge in [-0.2, -0.15) is 0 Å². The fourth-order valence-corrected chi connectivity index (χ4v) is 2.63. The molecule has 2 aromatic carbocycles. The Morgan fingerprint density at radius 3 is 2.52 bits per heavy atom. The Hall–Kier alpha value is -1.36. The summed E-state index contributed by atoms with van der Waals surface area (Å²) in [6, 6.07) is 14.1. The Balaban J connectivity index is 2.15. The van der Waals surface area contributed by atoms with Crippen molar-refractivity contribution in [3.05, 3.63) is 63.6 Å². The lowest BCUT2D eigenvalue weighted by Gasteiger charge is -2.15. The molecule has 0 aliphatic rings. The van der Waals surface area contributed by atoms with Crippen molar-refractivity contribution in [1.29, 1.82) is 0 Å². The number of aryl methyl sites for hydroxylation is 1. The highest BCUT2D eigenvalue weighted by molar-refractivity contribution is 9.10. The van der Waals surface area contributed by atoms with Gasteiger partial charge in [0.2, 0.25) is 0 Å². The first-order chi connectivity index (χ1) is 10.1. The largest absolute Gasteiger partial charge is 0.490 e. The lowest BCUT2D eigenvalue weighted by molar-refractivity contribution is 0.146. The summed E-state index contributed by atoms with van der Waals surface area (Å²) in [5.74, 6) is 0.798. The molecule has 0 aromatic heterocycles. The Morgan fingerprint density at radius 2 is 1.86 bits per heavy atom. The van der Waals surface area contributed by atoms with Crippen LogP contribution in [0.2, 0.25) is 0 Å². The van der Waals surface area contributed by atoms with Crippen LogP contribution in [0.5, 0.6) is 5.75 Å². The topological polar surface area (TPSA) is 44.5 Å². The fraction of sp³-hybridized carbons (Fsp3) is 0.294. The van der Waals surface area contributed by atoms with Gasteiger partial charge in [0.1, 0.15) is 12.4 Å². The van der Waals surface area contributed by atoms with Crippen molar-refractivity contribution in [3.63, 3.8) is 0 Å². The number of hydrogen-bond donors (Lipinski definition) is 1. The zero-order valence-electron chi connectivity index (χ0n) is 12.3. The summed E-state index contributed by atoms with van der Waals surface area (Å²) >= 11 is 3.53. The molecule has 2 rings (SSSR count). The van der Waals surface area contributed by atoms with Crippen LogP contribution in [0.25, 0.3) is 0 Å². The van der Waals surface area contributed by atoms with Gasteiger partial charge in [-0.25, -0.2) is 0 Å². The minimum absolute atomic E-state index is 0.144. The van der Waals surface area contributed by atoms with Gasteiger partial charge in [0, 0.05) is 7.11 Å². The molecule has 0 aliphatic heterocycles. The molecule has 0 bridgehead atoms. The van der Waals surface area contributed by atoms with E-state index in [0.717, 1.165) is 21.3 Å². The van der Waals surface area contributed by atoms with Crippen LogP contribution in [0, 0.1) is 6.92 Å². The average molecular weight is 350 g/mol. The number of halogens is 1. The maximum absolute atomic E-state index is 6.34. The van der Waals surface area contributed by atoms with E-state index in [1.165, 1.54) is 5.56 Å². The van der Waals surface area contributed by atoms with E-state index in [9.17, 15) is 0 Å². The van der Waals surface area contributed by atoms with Crippen LogP contribution in [-0.4, -0.2) is 20.3 Å². The van der Waals surface area contributed by atoms with Gasteiger partial charge in [0.25, 0.3) is 0 Å². The number of rotatable bonds is 6. The third-order valence-corrected chi connectivity index (χ3v) is 3.88. The maximum Gasteiger partial charge on any atom is 0.133 e. The summed E-state index contributed by atoms with van der Waals surface area (Å²) < 4.78 is 11.5. The molecular formula is C17H20BrNO2. The third-order valence-electron chi connectivity index (χ3n) is 3.26. The summed E-state index contributed by atoms with van der Waals surface area (Å²) in [6.45, 7) is 3.16. The summed E-state index contributed by atoms with van der Waals surface area (Å²) in [7, 11) is 1.66. The van der Waals surface area contributed by atoms with E-state index in [-0.39, 0.29) is 6.04 Å².